The summed E-state index contributed by atoms with van der Waals surface area (Å²) in [6.45, 7) is 1.75. The first-order valence-electron chi connectivity index (χ1n) is 10.9. The van der Waals surface area contributed by atoms with E-state index in [1.165, 1.54) is 12.1 Å². The number of aromatic nitrogens is 1. The van der Waals surface area contributed by atoms with Crippen molar-refractivity contribution in [3.63, 3.8) is 0 Å². The van der Waals surface area contributed by atoms with Crippen molar-refractivity contribution in [2.24, 2.45) is 11.8 Å². The molecule has 0 aliphatic heterocycles. The Morgan fingerprint density at radius 2 is 1.62 bits per heavy atom. The SMILES string of the molecule is CC(C(=O)Nc1ccc(S(F)(F)(F)(F)F)cc1)C1CCC(c2ccnc3ccc(F)cc23)CC1. The Balaban J connectivity index is 1.39. The summed E-state index contributed by atoms with van der Waals surface area (Å²) in [5, 5.41) is 3.31. The fourth-order valence-corrected chi connectivity index (χ4v) is 5.34. The van der Waals surface area contributed by atoms with Crippen molar-refractivity contribution >= 4 is 32.7 Å². The van der Waals surface area contributed by atoms with Gasteiger partial charge in [-0.25, -0.2) is 4.39 Å². The van der Waals surface area contributed by atoms with Crippen LogP contribution in [0.3, 0.4) is 0 Å². The molecular formula is C24H24F6N2OS. The molecule has 184 valence electrons. The van der Waals surface area contributed by atoms with E-state index >= 15 is 0 Å². The van der Waals surface area contributed by atoms with E-state index in [0.717, 1.165) is 54.3 Å². The Labute approximate surface area is 193 Å². The number of hydrogen-bond acceptors (Lipinski definition) is 2. The van der Waals surface area contributed by atoms with E-state index in [0.29, 0.717) is 0 Å². The molecule has 1 atom stereocenters. The number of anilines is 1. The predicted octanol–water partition coefficient (Wildman–Crippen LogP) is 8.58. The van der Waals surface area contributed by atoms with Crippen LogP contribution < -0.4 is 5.32 Å². The van der Waals surface area contributed by atoms with Gasteiger partial charge in [-0.15, -0.1) is 0 Å². The highest BCUT2D eigenvalue weighted by atomic mass is 32.5. The lowest BCUT2D eigenvalue weighted by molar-refractivity contribution is -0.121. The van der Waals surface area contributed by atoms with Gasteiger partial charge in [0.1, 0.15) is 10.7 Å². The maximum absolute atomic E-state index is 13.8. The highest BCUT2D eigenvalue weighted by molar-refractivity contribution is 8.45. The molecule has 34 heavy (non-hydrogen) atoms. The Morgan fingerprint density at radius 3 is 2.24 bits per heavy atom. The van der Waals surface area contributed by atoms with Crippen LogP contribution >= 0.6 is 10.2 Å². The number of halogens is 6. The van der Waals surface area contributed by atoms with Crippen molar-refractivity contribution in [2.75, 3.05) is 5.32 Å². The first kappa shape index (κ1) is 24.4. The van der Waals surface area contributed by atoms with Gasteiger partial charge in [0.05, 0.1) is 5.52 Å². The molecule has 0 saturated heterocycles. The number of fused-ring (bicyclic) bond motifs is 1. The molecule has 1 aromatic heterocycles. The molecule has 3 nitrogen and oxygen atoms in total. The first-order valence-corrected chi connectivity index (χ1v) is 12.9. The molecule has 2 aromatic carbocycles. The maximum atomic E-state index is 13.8. The number of nitrogens with zero attached hydrogens (tertiary/aromatic N) is 1. The lowest BCUT2D eigenvalue weighted by Crippen LogP contribution is -2.29. The molecule has 0 radical (unpaired) electrons. The van der Waals surface area contributed by atoms with E-state index in [-0.39, 0.29) is 41.4 Å². The average molecular weight is 503 g/mol. The zero-order valence-electron chi connectivity index (χ0n) is 18.3. The molecule has 1 fully saturated rings. The summed E-state index contributed by atoms with van der Waals surface area (Å²) in [6, 6.07) is 8.66. The standard InChI is InChI=1S/C24H24F6N2OS/c1-15(24(33)32-19-7-9-20(10-8-19)34(26,27,28,29)30)16-2-4-17(5-3-16)21-12-13-31-23-11-6-18(25)14-22(21)23/h6-17H,2-5H2,1H3,(H,32,33). The average Bonchev–Trinajstić information content (AvgIpc) is 2.77. The van der Waals surface area contributed by atoms with Crippen LogP contribution in [-0.2, 0) is 4.79 Å². The second kappa shape index (κ2) is 7.90. The third-order valence-corrected chi connectivity index (χ3v) is 7.80. The molecule has 4 rings (SSSR count). The van der Waals surface area contributed by atoms with Crippen molar-refractivity contribution in [1.29, 1.82) is 0 Å². The van der Waals surface area contributed by atoms with Gasteiger partial charge in [-0.3, -0.25) is 9.78 Å². The largest absolute Gasteiger partial charge is 0.326 e. The molecule has 1 unspecified atom stereocenters. The highest BCUT2D eigenvalue weighted by Gasteiger charge is 2.65. The van der Waals surface area contributed by atoms with Crippen LogP contribution in [0, 0.1) is 17.7 Å². The van der Waals surface area contributed by atoms with Crippen LogP contribution in [0.5, 0.6) is 0 Å². The number of rotatable bonds is 5. The highest BCUT2D eigenvalue weighted by Crippen LogP contribution is 3.02. The second-order valence-corrected chi connectivity index (χ2v) is 11.4. The molecule has 0 spiro atoms. The van der Waals surface area contributed by atoms with E-state index in [4.69, 9.17) is 0 Å². The van der Waals surface area contributed by atoms with Gasteiger partial charge >= 0.3 is 10.2 Å². The third kappa shape index (κ3) is 5.32. The molecule has 1 aliphatic rings. The summed E-state index contributed by atoms with van der Waals surface area (Å²) in [5.74, 6) is -0.847. The van der Waals surface area contributed by atoms with Crippen LogP contribution in [0.25, 0.3) is 10.9 Å². The molecule has 1 heterocycles. The summed E-state index contributed by atoms with van der Waals surface area (Å²) in [5.41, 5.74) is 1.79. The molecule has 1 aliphatic carbocycles. The van der Waals surface area contributed by atoms with Gasteiger partial charge in [-0.2, -0.15) is 0 Å². The monoisotopic (exact) mass is 502 g/mol. The normalized spacial score (nSPS) is 22.0. The summed E-state index contributed by atoms with van der Waals surface area (Å²) in [4.78, 5) is 15.0. The van der Waals surface area contributed by atoms with Crippen molar-refractivity contribution in [2.45, 2.75) is 43.4 Å². The van der Waals surface area contributed by atoms with Gasteiger partial charge in [0.25, 0.3) is 0 Å². The first-order chi connectivity index (χ1) is 15.7. The molecule has 3 aromatic rings. The maximum Gasteiger partial charge on any atom is 0.310 e. The quantitative estimate of drug-likeness (QED) is 0.355. The van der Waals surface area contributed by atoms with E-state index in [2.05, 4.69) is 10.3 Å². The number of amides is 1. The molecule has 1 amide bonds. The lowest BCUT2D eigenvalue weighted by Gasteiger charge is -2.40. The molecule has 1 saturated carbocycles. The summed E-state index contributed by atoms with van der Waals surface area (Å²) in [6.07, 6.45) is 4.81. The van der Waals surface area contributed by atoms with Crippen molar-refractivity contribution in [3.8, 4) is 0 Å². The van der Waals surface area contributed by atoms with Crippen molar-refractivity contribution < 1.29 is 28.6 Å². The van der Waals surface area contributed by atoms with Gasteiger partial charge in [-0.05, 0) is 91.6 Å². The lowest BCUT2D eigenvalue weighted by atomic mass is 9.73. The minimum absolute atomic E-state index is 0.0291. The smallest absolute Gasteiger partial charge is 0.310 e. The zero-order valence-corrected chi connectivity index (χ0v) is 19.1. The topological polar surface area (TPSA) is 42.0 Å². The van der Waals surface area contributed by atoms with Gasteiger partial charge in [0.15, 0.2) is 0 Å². The predicted molar refractivity (Wildman–Crippen MR) is 122 cm³/mol. The third-order valence-electron chi connectivity index (χ3n) is 6.64. The van der Waals surface area contributed by atoms with Gasteiger partial charge in [0.2, 0.25) is 5.91 Å². The summed E-state index contributed by atoms with van der Waals surface area (Å²) in [7, 11) is -9.75. The second-order valence-electron chi connectivity index (χ2n) is 8.94. The Hall–Kier alpha value is -2.75. The van der Waals surface area contributed by atoms with E-state index < -0.39 is 21.0 Å². The Bertz CT molecular complexity index is 1220. The minimum atomic E-state index is -9.75. The summed E-state index contributed by atoms with van der Waals surface area (Å²) >= 11 is 0. The summed E-state index contributed by atoms with van der Waals surface area (Å²) < 4.78 is 78.1. The fourth-order valence-electron chi connectivity index (χ4n) is 4.69. The minimum Gasteiger partial charge on any atom is -0.326 e. The number of carbonyl (C=O) groups is 1. The molecule has 0 bridgehead atoms. The Kier molecular flexibility index (Phi) is 5.66. The number of nitrogens with one attached hydrogen (secondary N) is 1. The van der Waals surface area contributed by atoms with Crippen LogP contribution in [-0.4, -0.2) is 10.9 Å². The number of hydrogen-bond donors (Lipinski definition) is 1. The fraction of sp³-hybridized carbons (Fsp3) is 0.333. The van der Waals surface area contributed by atoms with Crippen LogP contribution in [0.2, 0.25) is 0 Å². The molecule has 1 N–H and O–H groups in total. The molecular weight excluding hydrogens is 478 g/mol. The van der Waals surface area contributed by atoms with Gasteiger partial charge in [-0.1, -0.05) is 26.4 Å². The van der Waals surface area contributed by atoms with Gasteiger partial charge < -0.3 is 5.32 Å². The van der Waals surface area contributed by atoms with E-state index in [1.807, 2.05) is 6.07 Å². The van der Waals surface area contributed by atoms with Gasteiger partial charge in [0, 0.05) is 23.2 Å². The van der Waals surface area contributed by atoms with E-state index in [1.54, 1.807) is 19.2 Å². The number of pyridine rings is 1. The van der Waals surface area contributed by atoms with Crippen molar-refractivity contribution in [1.82, 2.24) is 4.98 Å². The number of carbonyl (C=O) groups excluding carboxylic acids is 1. The Morgan fingerprint density at radius 1 is 0.971 bits per heavy atom. The van der Waals surface area contributed by atoms with Crippen LogP contribution in [0.15, 0.2) is 59.6 Å². The number of benzene rings is 2. The zero-order chi connectivity index (χ0) is 24.8. The van der Waals surface area contributed by atoms with Crippen LogP contribution in [0.1, 0.15) is 44.1 Å². The van der Waals surface area contributed by atoms with Crippen molar-refractivity contribution in [3.05, 3.63) is 66.1 Å². The molecule has 10 heteroatoms. The van der Waals surface area contributed by atoms with E-state index in [9.17, 15) is 28.6 Å². The van der Waals surface area contributed by atoms with Crippen LogP contribution in [0.4, 0.5) is 29.5 Å².